The zero-order chi connectivity index (χ0) is 99.0. The van der Waals surface area contributed by atoms with E-state index in [9.17, 15) is 94.2 Å². The first-order valence-corrected chi connectivity index (χ1v) is 47.6. The summed E-state index contributed by atoms with van der Waals surface area (Å²) in [7, 11) is -0.187. The van der Waals surface area contributed by atoms with E-state index in [4.69, 9.17) is 47.4 Å². The first-order chi connectivity index (χ1) is 61.9. The SMILES string of the molecule is C.C.CCCC[C@@]1(CC)CS(=O)(=O)c2ccc(N(C)C)cc2[C@H](c2cccc(NC(=O)CCCCN(C[C@H](OC(C)=O)[C@@H](OC(C)=O)[C@H](OC(C)=O)[C@@H](COC(C)=O)OC(C)=O)C(C)=O)c2)[C@@H]1O.CCCC[C@]1(CC)CS(=O)(=O)c2ccc(N(C)C)cc2[C@@H](c2cccc(NC(=O)CCCCN(C[C@H](OC(C)=O)[C@@H](OC(C)=O)[C@H](OC(C)=O)[C@@H](COC(C)=O)OC(C)=O)C(C)=O)c2)[C@H]1O. The topological polar surface area (TPSA) is 477 Å². The molecule has 4 amide bonds. The number of hydrogen-bond donors (Lipinski definition) is 4. The summed E-state index contributed by atoms with van der Waals surface area (Å²) >= 11 is 0. The Balaban J connectivity index is 0.000000680. The van der Waals surface area contributed by atoms with Crippen LogP contribution in [0.1, 0.15) is 250 Å². The summed E-state index contributed by atoms with van der Waals surface area (Å²) in [6, 6.07) is 24.4. The number of carbonyl (C=O) groups is 14. The van der Waals surface area contributed by atoms with E-state index in [2.05, 4.69) is 10.6 Å². The Labute approximate surface area is 788 Å². The van der Waals surface area contributed by atoms with Gasteiger partial charge in [-0.25, -0.2) is 16.8 Å². The molecule has 0 radical (unpaired) electrons. The number of ether oxygens (including phenoxy) is 10. The lowest BCUT2D eigenvalue weighted by atomic mass is 9.69. The van der Waals surface area contributed by atoms with Crippen LogP contribution in [0, 0.1) is 10.8 Å². The van der Waals surface area contributed by atoms with Gasteiger partial charge in [0, 0.05) is 183 Å². The number of fused-ring (bicyclic) bond motifs is 2. The highest BCUT2D eigenvalue weighted by molar-refractivity contribution is 7.91. The summed E-state index contributed by atoms with van der Waals surface area (Å²) in [5.41, 5.74) is 2.81. The van der Waals surface area contributed by atoms with Crippen LogP contribution in [-0.4, -0.2) is 260 Å². The van der Waals surface area contributed by atoms with Crippen LogP contribution >= 0.6 is 0 Å². The summed E-state index contributed by atoms with van der Waals surface area (Å²) in [5, 5.41) is 30.6. The zero-order valence-corrected chi connectivity index (χ0v) is 81.1. The maximum Gasteiger partial charge on any atom is 0.303 e. The summed E-state index contributed by atoms with van der Waals surface area (Å²) < 4.78 is 110. The molecule has 748 valence electrons. The molecule has 0 unspecified atom stereocenters. The molecule has 4 aromatic carbocycles. The van der Waals surface area contributed by atoms with Crippen LogP contribution in [0.3, 0.4) is 0 Å². The van der Waals surface area contributed by atoms with Gasteiger partial charge in [-0.15, -0.1) is 0 Å². The number of sulfone groups is 2. The van der Waals surface area contributed by atoms with Gasteiger partial charge in [-0.2, -0.15) is 0 Å². The molecule has 2 heterocycles. The molecule has 4 N–H and O–H groups in total. The Kier molecular flexibility index (Phi) is 47.5. The third-order valence-electron chi connectivity index (χ3n) is 23.1. The van der Waals surface area contributed by atoms with Crippen LogP contribution in [0.4, 0.5) is 22.7 Å². The van der Waals surface area contributed by atoms with E-state index in [1.54, 1.807) is 60.7 Å². The van der Waals surface area contributed by atoms with Gasteiger partial charge in [-0.1, -0.05) is 92.5 Å². The van der Waals surface area contributed by atoms with E-state index < -0.39 is 201 Å². The van der Waals surface area contributed by atoms with Gasteiger partial charge in [0.25, 0.3) is 0 Å². The minimum absolute atomic E-state index is 0. The van der Waals surface area contributed by atoms with Crippen molar-refractivity contribution < 1.29 is 142 Å². The number of aliphatic hydroxyl groups excluding tert-OH is 2. The number of amides is 4. The number of nitrogens with zero attached hydrogens (tertiary/aromatic N) is 4. The molecule has 36 nitrogen and oxygen atoms in total. The van der Waals surface area contributed by atoms with Gasteiger partial charge in [-0.3, -0.25) is 67.1 Å². The third-order valence-corrected chi connectivity index (χ3v) is 27.1. The van der Waals surface area contributed by atoms with Crippen LogP contribution in [0.25, 0.3) is 0 Å². The fourth-order valence-corrected chi connectivity index (χ4v) is 21.2. The second-order valence-electron chi connectivity index (χ2n) is 33.9. The molecule has 0 aromatic heterocycles. The second-order valence-corrected chi connectivity index (χ2v) is 37.8. The highest BCUT2D eigenvalue weighted by Gasteiger charge is 2.53. The summed E-state index contributed by atoms with van der Waals surface area (Å²) in [5.74, 6) is -12.1. The lowest BCUT2D eigenvalue weighted by Crippen LogP contribution is -2.56. The van der Waals surface area contributed by atoms with E-state index >= 15 is 0 Å². The van der Waals surface area contributed by atoms with E-state index in [1.165, 1.54) is 23.6 Å². The molecule has 0 aliphatic carbocycles. The maximum atomic E-state index is 14.1. The van der Waals surface area contributed by atoms with Crippen LogP contribution in [-0.2, 0) is 134 Å². The van der Waals surface area contributed by atoms with Gasteiger partial charge in [0.15, 0.2) is 68.5 Å². The van der Waals surface area contributed by atoms with E-state index in [0.717, 1.165) is 106 Å². The smallest absolute Gasteiger partial charge is 0.303 e. The fraction of sp³-hybridized carbons (Fsp3) is 0.604. The number of esters is 10. The highest BCUT2D eigenvalue weighted by atomic mass is 32.2. The minimum atomic E-state index is -3.80. The molecule has 0 spiro atoms. The van der Waals surface area contributed by atoms with Crippen molar-refractivity contribution in [3.05, 3.63) is 107 Å². The molecule has 2 aliphatic heterocycles. The maximum absolute atomic E-state index is 14.1. The number of unbranched alkanes of at least 4 members (excludes halogenated alkanes) is 4. The molecule has 0 saturated heterocycles. The Morgan fingerprint density at radius 2 is 0.694 bits per heavy atom. The third kappa shape index (κ3) is 35.0. The molecule has 0 bridgehead atoms. The first-order valence-electron chi connectivity index (χ1n) is 44.3. The number of carbonyl (C=O) groups excluding carboxylic acids is 14. The van der Waals surface area contributed by atoms with Crippen molar-refractivity contribution in [1.82, 2.24) is 9.80 Å². The number of anilines is 4. The molecule has 4 aromatic rings. The van der Waals surface area contributed by atoms with Gasteiger partial charge in [0.05, 0.1) is 46.6 Å². The van der Waals surface area contributed by atoms with Crippen LogP contribution < -0.4 is 20.4 Å². The highest BCUT2D eigenvalue weighted by Crippen LogP contribution is 2.52. The van der Waals surface area contributed by atoms with Crippen molar-refractivity contribution in [2.75, 3.05) is 99.5 Å². The fourth-order valence-electron chi connectivity index (χ4n) is 16.7. The standard InChI is InChI=1S/2C47H67N3O15S.2CH4/c2*1-11-13-22-47(12-2)28-66(59,60)41-21-20-37(49(9)10)25-38(41)43(46(47)58)35-17-16-18-36(24-35)48-42(57)19-14-15-23-50(29(3)51)26-39(62-31(5)53)44(64-33(7)55)45(65-34(8)56)40(63-32(6)54)27-61-30(4)52;;/h2*16-18,20-21,24-25,39-40,43-46,58H,11-15,19,22-23,26-28H2,1-10H3,(H,48,57);2*1H4/t39-,40+,43+,44+,45+,46+,47+;39-,40+,43-,44+,45+,46-,47-;;/m00../s1. The largest absolute Gasteiger partial charge is 0.462 e. The quantitative estimate of drug-likeness (QED) is 0.0181. The number of hydrogen-bond acceptors (Lipinski definition) is 32. The van der Waals surface area contributed by atoms with Gasteiger partial charge in [0.2, 0.25) is 23.6 Å². The minimum Gasteiger partial charge on any atom is -0.462 e. The molecule has 0 saturated carbocycles. The molecule has 38 heteroatoms. The predicted octanol–water partition coefficient (Wildman–Crippen LogP) is 11.0. The molecule has 6 rings (SSSR count). The summed E-state index contributed by atoms with van der Waals surface area (Å²) in [6.07, 6.45) is -8.65. The van der Waals surface area contributed by atoms with Gasteiger partial charge in [-0.05, 0) is 134 Å². The number of benzene rings is 4. The first kappa shape index (κ1) is 117. The predicted molar refractivity (Wildman–Crippen MR) is 499 cm³/mol. The van der Waals surface area contributed by atoms with Crippen LogP contribution in [0.5, 0.6) is 0 Å². The lowest BCUT2D eigenvalue weighted by molar-refractivity contribution is -0.203. The Hall–Kier alpha value is -11.1. The van der Waals surface area contributed by atoms with Crippen molar-refractivity contribution >= 4 is 126 Å². The number of rotatable bonds is 46. The molecular formula is C96H142N6O30S2. The zero-order valence-electron chi connectivity index (χ0n) is 79.5. The number of nitrogens with one attached hydrogen (secondary N) is 2. The van der Waals surface area contributed by atoms with Crippen molar-refractivity contribution in [3.8, 4) is 0 Å². The van der Waals surface area contributed by atoms with Gasteiger partial charge < -0.3 is 87.8 Å². The van der Waals surface area contributed by atoms with Gasteiger partial charge >= 0.3 is 59.7 Å². The molecule has 0 fully saturated rings. The summed E-state index contributed by atoms with van der Waals surface area (Å²) in [6.45, 7) is 19.0. The average molecular weight is 1920 g/mol. The normalized spacial score (nSPS) is 19.0. The van der Waals surface area contributed by atoms with Crippen molar-refractivity contribution in [2.45, 2.75) is 298 Å². The number of aliphatic hydroxyl groups is 2. The Morgan fingerprint density at radius 1 is 0.396 bits per heavy atom. The monoisotopic (exact) mass is 1920 g/mol. The summed E-state index contributed by atoms with van der Waals surface area (Å²) in [4.78, 5) is 181. The van der Waals surface area contributed by atoms with Crippen molar-refractivity contribution in [3.63, 3.8) is 0 Å². The van der Waals surface area contributed by atoms with E-state index in [1.807, 2.05) is 90.0 Å². The molecule has 14 atom stereocenters. The average Bonchev–Trinajstić information content (AvgIpc) is 1.59. The molecular weight excluding hydrogens is 1780 g/mol. The van der Waals surface area contributed by atoms with Crippen LogP contribution in [0.2, 0.25) is 0 Å². The Bertz CT molecular complexity index is 4630. The lowest BCUT2D eigenvalue weighted by Gasteiger charge is -2.39. The van der Waals surface area contributed by atoms with Crippen molar-refractivity contribution in [1.29, 1.82) is 0 Å². The van der Waals surface area contributed by atoms with Crippen LogP contribution in [0.15, 0.2) is 94.7 Å². The van der Waals surface area contributed by atoms with E-state index in [0.29, 0.717) is 59.3 Å². The second kappa shape index (κ2) is 54.4. The van der Waals surface area contributed by atoms with E-state index in [-0.39, 0.29) is 99.6 Å². The van der Waals surface area contributed by atoms with Gasteiger partial charge in [0.1, 0.15) is 13.2 Å². The Morgan fingerprint density at radius 3 is 0.963 bits per heavy atom. The molecule has 2 aliphatic rings. The molecule has 134 heavy (non-hydrogen) atoms. The van der Waals surface area contributed by atoms with Crippen molar-refractivity contribution in [2.24, 2.45) is 10.8 Å².